The van der Waals surface area contributed by atoms with Crippen LogP contribution in [0, 0.1) is 0 Å². The van der Waals surface area contributed by atoms with Gasteiger partial charge in [-0.1, -0.05) is 29.8 Å². The maximum absolute atomic E-state index is 4.45. The molecule has 0 aliphatic heterocycles. The number of nitrogens with zero attached hydrogens (tertiary/aromatic N) is 2. The van der Waals surface area contributed by atoms with Crippen LogP contribution in [0.1, 0.15) is 25.5 Å². The van der Waals surface area contributed by atoms with Crippen LogP contribution in [-0.4, -0.2) is 9.61 Å². The second-order valence-electron chi connectivity index (χ2n) is 3.44. The molecule has 2 aromatic heterocycles. The summed E-state index contributed by atoms with van der Waals surface area (Å²) in [5.41, 5.74) is 2.27. The third-order valence-electron chi connectivity index (χ3n) is 2.04. The van der Waals surface area contributed by atoms with Crippen LogP contribution in [0.4, 0.5) is 0 Å². The Morgan fingerprint density at radius 3 is 2.85 bits per heavy atom. The fourth-order valence-corrected chi connectivity index (χ4v) is 1.62. The highest BCUT2D eigenvalue weighted by Gasteiger charge is 2.04. The van der Waals surface area contributed by atoms with E-state index >= 15 is 0 Å². The zero-order chi connectivity index (χ0) is 9.42. The lowest BCUT2D eigenvalue weighted by atomic mass is 10.1. The molecular formula is C10H11BrN2. The Labute approximate surface area is 85.7 Å². The molecule has 0 aliphatic rings. The molecule has 13 heavy (non-hydrogen) atoms. The normalized spacial score (nSPS) is 11.4. The molecule has 2 heterocycles. The predicted molar refractivity (Wildman–Crippen MR) is 57.0 cm³/mol. The average Bonchev–Trinajstić information content (AvgIpc) is 2.46. The summed E-state index contributed by atoms with van der Waals surface area (Å²) in [4.78, 5) is 0. The Morgan fingerprint density at radius 1 is 1.38 bits per heavy atom. The van der Waals surface area contributed by atoms with Gasteiger partial charge < -0.3 is 0 Å². The summed E-state index contributed by atoms with van der Waals surface area (Å²) >= 11 is 3.44. The molecule has 0 aromatic carbocycles. The van der Waals surface area contributed by atoms with E-state index in [1.807, 2.05) is 16.8 Å². The zero-order valence-electron chi connectivity index (χ0n) is 7.66. The first-order valence-electron chi connectivity index (χ1n) is 4.31. The molecular weight excluding hydrogens is 228 g/mol. The molecule has 0 aliphatic carbocycles. The highest BCUT2D eigenvalue weighted by atomic mass is 79.9. The Morgan fingerprint density at radius 2 is 2.15 bits per heavy atom. The summed E-state index contributed by atoms with van der Waals surface area (Å²) in [6, 6.07) is 6.18. The number of hydrogen-bond acceptors (Lipinski definition) is 1. The van der Waals surface area contributed by atoms with Crippen molar-refractivity contribution in [2.45, 2.75) is 19.8 Å². The van der Waals surface area contributed by atoms with E-state index in [9.17, 15) is 0 Å². The number of pyridine rings is 1. The van der Waals surface area contributed by atoms with E-state index < -0.39 is 0 Å². The van der Waals surface area contributed by atoms with E-state index in [1.165, 1.54) is 0 Å². The topological polar surface area (TPSA) is 17.3 Å². The fraction of sp³-hybridized carbons (Fsp3) is 0.300. The number of rotatable bonds is 1. The molecule has 0 amide bonds. The number of fused-ring (bicyclic) bond motifs is 1. The highest BCUT2D eigenvalue weighted by Crippen LogP contribution is 2.18. The lowest BCUT2D eigenvalue weighted by molar-refractivity contribution is 0.788. The van der Waals surface area contributed by atoms with Gasteiger partial charge in [-0.2, -0.15) is 5.10 Å². The Balaban J connectivity index is 2.62. The van der Waals surface area contributed by atoms with E-state index in [2.05, 4.69) is 47.0 Å². The van der Waals surface area contributed by atoms with Crippen molar-refractivity contribution in [2.24, 2.45) is 0 Å². The number of hydrogen-bond donors (Lipinski definition) is 0. The van der Waals surface area contributed by atoms with Crippen molar-refractivity contribution in [3.63, 3.8) is 0 Å². The van der Waals surface area contributed by atoms with Gasteiger partial charge in [0.1, 0.15) is 0 Å². The van der Waals surface area contributed by atoms with Gasteiger partial charge in [0.2, 0.25) is 0 Å². The lowest BCUT2D eigenvalue weighted by Gasteiger charge is -1.95. The minimum atomic E-state index is 0.485. The van der Waals surface area contributed by atoms with Gasteiger partial charge in [0.25, 0.3) is 0 Å². The summed E-state index contributed by atoms with van der Waals surface area (Å²) in [7, 11) is 0. The number of aromatic nitrogens is 2. The van der Waals surface area contributed by atoms with Crippen molar-refractivity contribution < 1.29 is 0 Å². The Hall–Kier alpha value is -0.830. The largest absolute Gasteiger partial charge is 0.241 e. The molecule has 2 rings (SSSR count). The first-order valence-corrected chi connectivity index (χ1v) is 5.11. The lowest BCUT2D eigenvalue weighted by Crippen LogP contribution is -1.89. The van der Waals surface area contributed by atoms with Gasteiger partial charge in [-0.25, -0.2) is 4.52 Å². The van der Waals surface area contributed by atoms with Crippen molar-refractivity contribution in [3.8, 4) is 0 Å². The van der Waals surface area contributed by atoms with Crippen molar-refractivity contribution in [1.29, 1.82) is 0 Å². The van der Waals surface area contributed by atoms with Crippen LogP contribution in [0.3, 0.4) is 0 Å². The summed E-state index contributed by atoms with van der Waals surface area (Å²) in [5, 5.41) is 4.45. The second kappa shape index (κ2) is 3.14. The number of halogens is 1. The summed E-state index contributed by atoms with van der Waals surface area (Å²) in [6.45, 7) is 4.30. The molecule has 0 spiro atoms. The van der Waals surface area contributed by atoms with Crippen LogP contribution in [0.2, 0.25) is 0 Å². The van der Waals surface area contributed by atoms with Gasteiger partial charge in [-0.05, 0) is 24.1 Å². The Kier molecular flexibility index (Phi) is 2.12. The van der Waals surface area contributed by atoms with Crippen LogP contribution in [0.5, 0.6) is 0 Å². The SMILES string of the molecule is CC(C)c1cc2cc(Br)ccn2n1. The maximum atomic E-state index is 4.45. The third-order valence-corrected chi connectivity index (χ3v) is 2.53. The molecule has 68 valence electrons. The quantitative estimate of drug-likeness (QED) is 0.746. The van der Waals surface area contributed by atoms with Crippen LogP contribution in [0.15, 0.2) is 28.9 Å². The van der Waals surface area contributed by atoms with Crippen molar-refractivity contribution in [2.75, 3.05) is 0 Å². The van der Waals surface area contributed by atoms with Crippen LogP contribution >= 0.6 is 15.9 Å². The van der Waals surface area contributed by atoms with Gasteiger partial charge >= 0.3 is 0 Å². The third kappa shape index (κ3) is 1.61. The molecule has 0 bridgehead atoms. The fourth-order valence-electron chi connectivity index (χ4n) is 1.27. The first-order chi connectivity index (χ1) is 6.16. The van der Waals surface area contributed by atoms with Crippen LogP contribution in [0.25, 0.3) is 5.52 Å². The molecule has 0 fully saturated rings. The van der Waals surface area contributed by atoms with E-state index in [-0.39, 0.29) is 0 Å². The molecule has 0 unspecified atom stereocenters. The standard InChI is InChI=1S/C10H11BrN2/c1-7(2)10-6-9-5-8(11)3-4-13(9)12-10/h3-7H,1-2H3. The van der Waals surface area contributed by atoms with Gasteiger partial charge in [0.15, 0.2) is 0 Å². The molecule has 0 saturated heterocycles. The molecule has 3 heteroatoms. The summed E-state index contributed by atoms with van der Waals surface area (Å²) in [6.07, 6.45) is 1.96. The molecule has 0 radical (unpaired) electrons. The minimum Gasteiger partial charge on any atom is -0.241 e. The van der Waals surface area contributed by atoms with Crippen molar-refractivity contribution in [1.82, 2.24) is 9.61 Å². The molecule has 0 N–H and O–H groups in total. The smallest absolute Gasteiger partial charge is 0.0675 e. The average molecular weight is 239 g/mol. The molecule has 0 atom stereocenters. The first kappa shape index (κ1) is 8.75. The van der Waals surface area contributed by atoms with Gasteiger partial charge in [-0.15, -0.1) is 0 Å². The van der Waals surface area contributed by atoms with E-state index in [0.29, 0.717) is 5.92 Å². The van der Waals surface area contributed by atoms with E-state index in [1.54, 1.807) is 0 Å². The van der Waals surface area contributed by atoms with E-state index in [0.717, 1.165) is 15.7 Å². The van der Waals surface area contributed by atoms with Crippen molar-refractivity contribution in [3.05, 3.63) is 34.6 Å². The molecule has 2 nitrogen and oxygen atoms in total. The second-order valence-corrected chi connectivity index (χ2v) is 4.35. The monoisotopic (exact) mass is 238 g/mol. The van der Waals surface area contributed by atoms with Gasteiger partial charge in [0.05, 0.1) is 11.2 Å². The minimum absolute atomic E-state index is 0.485. The van der Waals surface area contributed by atoms with Crippen molar-refractivity contribution >= 4 is 21.4 Å². The van der Waals surface area contributed by atoms with Crippen LogP contribution in [-0.2, 0) is 0 Å². The van der Waals surface area contributed by atoms with Gasteiger partial charge in [-0.3, -0.25) is 0 Å². The maximum Gasteiger partial charge on any atom is 0.0675 e. The van der Waals surface area contributed by atoms with Gasteiger partial charge in [0, 0.05) is 10.7 Å². The highest BCUT2D eigenvalue weighted by molar-refractivity contribution is 9.10. The Bertz CT molecular complexity index is 431. The predicted octanol–water partition coefficient (Wildman–Crippen LogP) is 3.22. The summed E-state index contributed by atoms with van der Waals surface area (Å²) < 4.78 is 3.00. The van der Waals surface area contributed by atoms with E-state index in [4.69, 9.17) is 0 Å². The zero-order valence-corrected chi connectivity index (χ0v) is 9.25. The summed E-state index contributed by atoms with van der Waals surface area (Å²) in [5.74, 6) is 0.485. The van der Waals surface area contributed by atoms with Crippen LogP contribution < -0.4 is 0 Å². The molecule has 2 aromatic rings. The molecule has 0 saturated carbocycles.